The number of fused-ring (bicyclic) bond motifs is 2. The van der Waals surface area contributed by atoms with Gasteiger partial charge in [0.15, 0.2) is 0 Å². The summed E-state index contributed by atoms with van der Waals surface area (Å²) in [5, 5.41) is 6.18. The molecule has 4 unspecified atom stereocenters. The van der Waals surface area contributed by atoms with Crippen molar-refractivity contribution in [2.75, 3.05) is 19.6 Å². The lowest BCUT2D eigenvalue weighted by atomic mass is 9.92. The number of nitrogens with one attached hydrogen (secondary N) is 1. The molecule has 2 fully saturated rings. The van der Waals surface area contributed by atoms with E-state index in [0.29, 0.717) is 6.04 Å². The molecule has 0 aromatic carbocycles. The average molecular weight is 264 g/mol. The Balaban J connectivity index is 1.65. The molecule has 3 rings (SSSR count). The van der Waals surface area contributed by atoms with Crippen molar-refractivity contribution in [3.05, 3.63) is 22.4 Å². The number of piperidine rings is 1. The quantitative estimate of drug-likeness (QED) is 0.878. The second-order valence-corrected chi connectivity index (χ2v) is 6.75. The van der Waals surface area contributed by atoms with E-state index >= 15 is 0 Å². The molecule has 2 nitrogen and oxygen atoms in total. The average Bonchev–Trinajstić information content (AvgIpc) is 3.03. The van der Waals surface area contributed by atoms with Crippen molar-refractivity contribution < 1.29 is 0 Å². The first-order valence-electron chi connectivity index (χ1n) is 7.38. The van der Waals surface area contributed by atoms with Gasteiger partial charge in [-0.1, -0.05) is 19.4 Å². The Labute approximate surface area is 114 Å². The molecule has 3 heterocycles. The largest absolute Gasteiger partial charge is 0.306 e. The molecule has 18 heavy (non-hydrogen) atoms. The van der Waals surface area contributed by atoms with Gasteiger partial charge in [-0.3, -0.25) is 0 Å². The first kappa shape index (κ1) is 12.6. The fourth-order valence-corrected chi connectivity index (χ4v) is 4.34. The van der Waals surface area contributed by atoms with Gasteiger partial charge in [-0.25, -0.2) is 0 Å². The molecule has 100 valence electrons. The van der Waals surface area contributed by atoms with Gasteiger partial charge >= 0.3 is 0 Å². The molecule has 0 radical (unpaired) electrons. The first-order chi connectivity index (χ1) is 8.86. The zero-order valence-corrected chi connectivity index (χ0v) is 12.1. The third-order valence-corrected chi connectivity index (χ3v) is 5.50. The maximum absolute atomic E-state index is 3.97. The second-order valence-electron chi connectivity index (χ2n) is 5.77. The highest BCUT2D eigenvalue weighted by Crippen LogP contribution is 2.31. The highest BCUT2D eigenvalue weighted by molar-refractivity contribution is 7.10. The Morgan fingerprint density at radius 2 is 2.33 bits per heavy atom. The zero-order valence-electron chi connectivity index (χ0n) is 11.3. The van der Waals surface area contributed by atoms with Gasteiger partial charge in [-0.15, -0.1) is 11.3 Å². The van der Waals surface area contributed by atoms with E-state index in [1.54, 1.807) is 0 Å². The van der Waals surface area contributed by atoms with E-state index in [9.17, 15) is 0 Å². The van der Waals surface area contributed by atoms with Crippen LogP contribution in [0.25, 0.3) is 0 Å². The van der Waals surface area contributed by atoms with E-state index in [-0.39, 0.29) is 0 Å². The van der Waals surface area contributed by atoms with E-state index in [1.807, 2.05) is 11.3 Å². The summed E-state index contributed by atoms with van der Waals surface area (Å²) in [4.78, 5) is 4.15. The van der Waals surface area contributed by atoms with Gasteiger partial charge in [-0.05, 0) is 49.7 Å². The van der Waals surface area contributed by atoms with Crippen LogP contribution in [-0.2, 0) is 0 Å². The SMILES string of the molecule is CCCC(NC1CCN2CCC1C2)c1cccs1. The molecule has 1 aromatic rings. The maximum atomic E-state index is 3.97. The second kappa shape index (κ2) is 5.72. The molecule has 2 bridgehead atoms. The number of thiophene rings is 1. The highest BCUT2D eigenvalue weighted by Gasteiger charge is 2.35. The lowest BCUT2D eigenvalue weighted by Crippen LogP contribution is -2.45. The summed E-state index contributed by atoms with van der Waals surface area (Å²) in [5.74, 6) is 0.901. The van der Waals surface area contributed by atoms with Crippen molar-refractivity contribution in [2.45, 2.75) is 44.7 Å². The summed E-state index contributed by atoms with van der Waals surface area (Å²) in [6, 6.07) is 5.82. The van der Waals surface area contributed by atoms with Crippen LogP contribution in [0.5, 0.6) is 0 Å². The van der Waals surface area contributed by atoms with Gasteiger partial charge < -0.3 is 10.2 Å². The van der Waals surface area contributed by atoms with Crippen molar-refractivity contribution in [1.82, 2.24) is 10.2 Å². The van der Waals surface area contributed by atoms with E-state index in [4.69, 9.17) is 0 Å². The van der Waals surface area contributed by atoms with Crippen molar-refractivity contribution >= 4 is 11.3 Å². The van der Waals surface area contributed by atoms with Crippen molar-refractivity contribution in [1.29, 1.82) is 0 Å². The summed E-state index contributed by atoms with van der Waals surface area (Å²) in [6.07, 6.45) is 5.28. The molecular weight excluding hydrogens is 240 g/mol. The molecule has 0 saturated carbocycles. The number of hydrogen-bond acceptors (Lipinski definition) is 3. The number of rotatable bonds is 5. The molecule has 2 saturated heterocycles. The maximum Gasteiger partial charge on any atom is 0.0416 e. The van der Waals surface area contributed by atoms with Crippen LogP contribution in [0.2, 0.25) is 0 Å². The molecule has 4 atom stereocenters. The lowest BCUT2D eigenvalue weighted by molar-refractivity contribution is 0.208. The summed E-state index contributed by atoms with van der Waals surface area (Å²) in [5.41, 5.74) is 0. The molecule has 3 heteroatoms. The third kappa shape index (κ3) is 2.63. The Morgan fingerprint density at radius 1 is 1.44 bits per heavy atom. The van der Waals surface area contributed by atoms with Gasteiger partial charge in [0.25, 0.3) is 0 Å². The molecular formula is C15H24N2S. The predicted octanol–water partition coefficient (Wildman–Crippen LogP) is 3.27. The standard InChI is InChI=1S/C15H24N2S/c1-2-4-14(15-5-3-10-18-15)16-13-7-9-17-8-6-12(13)11-17/h3,5,10,12-14,16H,2,4,6-9,11H2,1H3. The third-order valence-electron chi connectivity index (χ3n) is 4.51. The van der Waals surface area contributed by atoms with E-state index in [0.717, 1.165) is 12.0 Å². The van der Waals surface area contributed by atoms with Crippen molar-refractivity contribution in [2.24, 2.45) is 5.92 Å². The Hall–Kier alpha value is -0.380. The van der Waals surface area contributed by atoms with Crippen LogP contribution >= 0.6 is 11.3 Å². The zero-order chi connectivity index (χ0) is 12.4. The van der Waals surface area contributed by atoms with Gasteiger partial charge in [0.1, 0.15) is 0 Å². The molecule has 1 aromatic heterocycles. The molecule has 2 aliphatic rings. The fraction of sp³-hybridized carbons (Fsp3) is 0.733. The predicted molar refractivity (Wildman–Crippen MR) is 78.1 cm³/mol. The van der Waals surface area contributed by atoms with Crippen LogP contribution in [0, 0.1) is 5.92 Å². The number of nitrogens with zero attached hydrogens (tertiary/aromatic N) is 1. The van der Waals surface area contributed by atoms with Crippen LogP contribution in [0.15, 0.2) is 17.5 Å². The molecule has 0 aliphatic carbocycles. The van der Waals surface area contributed by atoms with Crippen molar-refractivity contribution in [3.8, 4) is 0 Å². The summed E-state index contributed by atoms with van der Waals surface area (Å²) in [6.45, 7) is 6.26. The highest BCUT2D eigenvalue weighted by atomic mass is 32.1. The molecule has 1 N–H and O–H groups in total. The van der Waals surface area contributed by atoms with Crippen LogP contribution in [-0.4, -0.2) is 30.6 Å². The van der Waals surface area contributed by atoms with Crippen LogP contribution in [0.4, 0.5) is 0 Å². The van der Waals surface area contributed by atoms with E-state index in [2.05, 4.69) is 34.7 Å². The molecule has 0 spiro atoms. The fourth-order valence-electron chi connectivity index (χ4n) is 3.52. The summed E-state index contributed by atoms with van der Waals surface area (Å²) >= 11 is 1.91. The van der Waals surface area contributed by atoms with E-state index in [1.165, 1.54) is 50.2 Å². The topological polar surface area (TPSA) is 15.3 Å². The van der Waals surface area contributed by atoms with Gasteiger partial charge in [-0.2, -0.15) is 0 Å². The lowest BCUT2D eigenvalue weighted by Gasteiger charge is -2.34. The molecule has 2 aliphatic heterocycles. The van der Waals surface area contributed by atoms with Crippen LogP contribution < -0.4 is 5.32 Å². The van der Waals surface area contributed by atoms with Crippen molar-refractivity contribution in [3.63, 3.8) is 0 Å². The van der Waals surface area contributed by atoms with Gasteiger partial charge in [0.05, 0.1) is 0 Å². The minimum Gasteiger partial charge on any atom is -0.306 e. The summed E-state index contributed by atoms with van der Waals surface area (Å²) < 4.78 is 0. The normalized spacial score (nSPS) is 32.6. The minimum absolute atomic E-state index is 0.590. The van der Waals surface area contributed by atoms with Gasteiger partial charge in [0.2, 0.25) is 0 Å². The Kier molecular flexibility index (Phi) is 4.02. The Bertz CT molecular complexity index is 363. The first-order valence-corrected chi connectivity index (χ1v) is 8.26. The Morgan fingerprint density at radius 3 is 3.11 bits per heavy atom. The minimum atomic E-state index is 0.590. The van der Waals surface area contributed by atoms with Gasteiger partial charge in [0, 0.05) is 23.5 Å². The summed E-state index contributed by atoms with van der Waals surface area (Å²) in [7, 11) is 0. The monoisotopic (exact) mass is 264 g/mol. The molecule has 0 amide bonds. The van der Waals surface area contributed by atoms with Crippen LogP contribution in [0.3, 0.4) is 0 Å². The van der Waals surface area contributed by atoms with E-state index < -0.39 is 0 Å². The van der Waals surface area contributed by atoms with Crippen LogP contribution in [0.1, 0.15) is 43.5 Å². The smallest absolute Gasteiger partial charge is 0.0416 e. The number of hydrogen-bond donors (Lipinski definition) is 1.